The van der Waals surface area contributed by atoms with E-state index in [1.807, 2.05) is 18.2 Å². The van der Waals surface area contributed by atoms with Crippen molar-refractivity contribution in [1.82, 2.24) is 15.1 Å². The first-order valence-corrected chi connectivity index (χ1v) is 5.49. The fourth-order valence-electron chi connectivity index (χ4n) is 1.77. The monoisotopic (exact) mass is 226 g/mol. The number of rotatable bonds is 3. The average molecular weight is 226 g/mol. The topological polar surface area (TPSA) is 75.6 Å². The van der Waals surface area contributed by atoms with Crippen molar-refractivity contribution in [3.63, 3.8) is 0 Å². The number of pyridine rings is 1. The Morgan fingerprint density at radius 2 is 2.41 bits per heavy atom. The summed E-state index contributed by atoms with van der Waals surface area (Å²) in [6.07, 6.45) is 3.14. The highest BCUT2D eigenvalue weighted by molar-refractivity contribution is 5.16. The van der Waals surface area contributed by atoms with Gasteiger partial charge in [-0.05, 0) is 18.6 Å². The van der Waals surface area contributed by atoms with Gasteiger partial charge in [-0.3, -0.25) is 4.98 Å². The maximum absolute atomic E-state index is 8.73. The highest BCUT2D eigenvalue weighted by atomic mass is 16.5. The summed E-state index contributed by atoms with van der Waals surface area (Å²) in [5.74, 6) is 1.41. The molecule has 17 heavy (non-hydrogen) atoms. The fraction of sp³-hybridized carbons (Fsp3) is 0.333. The van der Waals surface area contributed by atoms with E-state index < -0.39 is 0 Å². The molecule has 2 unspecified atom stereocenters. The van der Waals surface area contributed by atoms with Crippen LogP contribution in [0.15, 0.2) is 28.9 Å². The molecule has 5 heteroatoms. The summed E-state index contributed by atoms with van der Waals surface area (Å²) in [6, 6.07) is 7.92. The summed E-state index contributed by atoms with van der Waals surface area (Å²) in [5.41, 5.74) is 0.910. The Hall–Kier alpha value is -2.22. The molecule has 0 aliphatic heterocycles. The molecule has 5 nitrogen and oxygen atoms in total. The lowest BCUT2D eigenvalue weighted by Gasteiger charge is -1.92. The van der Waals surface area contributed by atoms with Crippen molar-refractivity contribution in [2.24, 2.45) is 5.92 Å². The molecule has 2 aromatic rings. The molecule has 2 aromatic heterocycles. The molecular weight excluding hydrogens is 216 g/mol. The van der Waals surface area contributed by atoms with Crippen LogP contribution >= 0.6 is 0 Å². The summed E-state index contributed by atoms with van der Waals surface area (Å²) in [5, 5.41) is 12.6. The molecule has 2 atom stereocenters. The van der Waals surface area contributed by atoms with Crippen LogP contribution in [0.3, 0.4) is 0 Å². The van der Waals surface area contributed by atoms with Crippen LogP contribution in [0.4, 0.5) is 0 Å². The molecule has 0 radical (unpaired) electrons. The van der Waals surface area contributed by atoms with Gasteiger partial charge in [-0.1, -0.05) is 11.2 Å². The Balaban J connectivity index is 1.72. The minimum absolute atomic E-state index is 0.0538. The van der Waals surface area contributed by atoms with Crippen molar-refractivity contribution < 1.29 is 4.52 Å². The largest absolute Gasteiger partial charge is 0.339 e. The summed E-state index contributed by atoms with van der Waals surface area (Å²) >= 11 is 0. The molecular formula is C12H10N4O. The standard InChI is InChI=1S/C12H10N4O/c13-7-8-5-10(8)12-15-11(16-17-12)6-9-3-1-2-4-14-9/h1-4,8,10H,5-6H2. The van der Waals surface area contributed by atoms with E-state index >= 15 is 0 Å². The van der Waals surface area contributed by atoms with E-state index in [-0.39, 0.29) is 11.8 Å². The van der Waals surface area contributed by atoms with E-state index in [2.05, 4.69) is 21.2 Å². The average Bonchev–Trinajstić information content (AvgIpc) is 3.03. The summed E-state index contributed by atoms with van der Waals surface area (Å²) < 4.78 is 5.15. The molecule has 0 amide bonds. The van der Waals surface area contributed by atoms with E-state index in [0.29, 0.717) is 18.1 Å². The van der Waals surface area contributed by atoms with Crippen molar-refractivity contribution >= 4 is 0 Å². The number of hydrogen-bond donors (Lipinski definition) is 0. The van der Waals surface area contributed by atoms with Crippen LogP contribution in [0, 0.1) is 17.2 Å². The van der Waals surface area contributed by atoms with Crippen LogP contribution in [0.1, 0.15) is 29.7 Å². The Bertz CT molecular complexity index is 557. The lowest BCUT2D eigenvalue weighted by Crippen LogP contribution is -1.93. The van der Waals surface area contributed by atoms with E-state index in [1.165, 1.54) is 0 Å². The van der Waals surface area contributed by atoms with Crippen LogP contribution in [-0.2, 0) is 6.42 Å². The predicted octanol–water partition coefficient (Wildman–Crippen LogP) is 1.68. The highest BCUT2D eigenvalue weighted by Crippen LogP contribution is 2.45. The normalized spacial score (nSPS) is 22.1. The van der Waals surface area contributed by atoms with Crippen molar-refractivity contribution in [1.29, 1.82) is 5.26 Å². The molecule has 1 saturated carbocycles. The van der Waals surface area contributed by atoms with Gasteiger partial charge < -0.3 is 4.52 Å². The maximum atomic E-state index is 8.73. The molecule has 0 spiro atoms. The molecule has 0 bridgehead atoms. The van der Waals surface area contributed by atoms with Gasteiger partial charge in [0.25, 0.3) is 0 Å². The maximum Gasteiger partial charge on any atom is 0.231 e. The third-order valence-electron chi connectivity index (χ3n) is 2.82. The second-order valence-corrected chi connectivity index (χ2v) is 4.12. The van der Waals surface area contributed by atoms with Gasteiger partial charge in [-0.25, -0.2) is 0 Å². The number of hydrogen-bond acceptors (Lipinski definition) is 5. The zero-order valence-electron chi connectivity index (χ0n) is 9.08. The molecule has 1 aliphatic rings. The van der Waals surface area contributed by atoms with Gasteiger partial charge in [0.1, 0.15) is 0 Å². The van der Waals surface area contributed by atoms with Crippen LogP contribution in [0.5, 0.6) is 0 Å². The zero-order chi connectivity index (χ0) is 11.7. The molecule has 3 rings (SSSR count). The summed E-state index contributed by atoms with van der Waals surface area (Å²) in [7, 11) is 0. The Morgan fingerprint density at radius 1 is 1.47 bits per heavy atom. The minimum atomic E-state index is 0.0538. The van der Waals surface area contributed by atoms with Crippen LogP contribution in [0.25, 0.3) is 0 Å². The van der Waals surface area contributed by atoms with Crippen LogP contribution in [0.2, 0.25) is 0 Å². The highest BCUT2D eigenvalue weighted by Gasteiger charge is 2.43. The van der Waals surface area contributed by atoms with Gasteiger partial charge in [-0.2, -0.15) is 10.2 Å². The fourth-order valence-corrected chi connectivity index (χ4v) is 1.77. The molecule has 0 saturated heterocycles. The van der Waals surface area contributed by atoms with E-state index in [0.717, 1.165) is 12.1 Å². The van der Waals surface area contributed by atoms with Gasteiger partial charge in [0, 0.05) is 11.9 Å². The number of nitrogens with zero attached hydrogens (tertiary/aromatic N) is 4. The molecule has 0 aromatic carbocycles. The zero-order valence-corrected chi connectivity index (χ0v) is 9.08. The lowest BCUT2D eigenvalue weighted by atomic mass is 10.2. The first kappa shape index (κ1) is 9.97. The van der Waals surface area contributed by atoms with Gasteiger partial charge in [-0.15, -0.1) is 0 Å². The van der Waals surface area contributed by atoms with Crippen molar-refractivity contribution in [3.05, 3.63) is 41.8 Å². The first-order valence-electron chi connectivity index (χ1n) is 5.49. The van der Waals surface area contributed by atoms with Crippen molar-refractivity contribution in [3.8, 4) is 6.07 Å². The van der Waals surface area contributed by atoms with Gasteiger partial charge in [0.2, 0.25) is 5.89 Å². The van der Waals surface area contributed by atoms with Crippen molar-refractivity contribution in [2.45, 2.75) is 18.8 Å². The molecule has 2 heterocycles. The second kappa shape index (κ2) is 3.98. The van der Waals surface area contributed by atoms with E-state index in [4.69, 9.17) is 9.78 Å². The first-order chi connectivity index (χ1) is 8.36. The van der Waals surface area contributed by atoms with E-state index in [9.17, 15) is 0 Å². The third kappa shape index (κ3) is 2.02. The Morgan fingerprint density at radius 3 is 3.12 bits per heavy atom. The van der Waals surface area contributed by atoms with Crippen LogP contribution in [-0.4, -0.2) is 15.1 Å². The lowest BCUT2D eigenvalue weighted by molar-refractivity contribution is 0.373. The second-order valence-electron chi connectivity index (χ2n) is 4.12. The predicted molar refractivity (Wildman–Crippen MR) is 57.8 cm³/mol. The Labute approximate surface area is 98.1 Å². The number of nitriles is 1. The van der Waals surface area contributed by atoms with Gasteiger partial charge in [0.15, 0.2) is 5.82 Å². The van der Waals surface area contributed by atoms with E-state index in [1.54, 1.807) is 6.20 Å². The molecule has 84 valence electrons. The summed E-state index contributed by atoms with van der Waals surface area (Å²) in [4.78, 5) is 8.50. The number of aromatic nitrogens is 3. The summed E-state index contributed by atoms with van der Waals surface area (Å²) in [6.45, 7) is 0. The SMILES string of the molecule is N#CC1CC1c1nc(Cc2ccccn2)no1. The molecule has 1 aliphatic carbocycles. The van der Waals surface area contributed by atoms with Crippen LogP contribution < -0.4 is 0 Å². The Kier molecular flexibility index (Phi) is 2.33. The quantitative estimate of drug-likeness (QED) is 0.795. The molecule has 1 fully saturated rings. The minimum Gasteiger partial charge on any atom is -0.339 e. The van der Waals surface area contributed by atoms with Gasteiger partial charge in [0.05, 0.1) is 24.3 Å². The van der Waals surface area contributed by atoms with Gasteiger partial charge >= 0.3 is 0 Å². The smallest absolute Gasteiger partial charge is 0.231 e. The third-order valence-corrected chi connectivity index (χ3v) is 2.82. The molecule has 0 N–H and O–H groups in total. The van der Waals surface area contributed by atoms with Crippen molar-refractivity contribution in [2.75, 3.05) is 0 Å².